The molecular weight excluding hydrogens is 258 g/mol. The van der Waals surface area contributed by atoms with Gasteiger partial charge in [-0.15, -0.1) is 0 Å². The number of nitrogens with two attached hydrogens (primary N) is 1. The van der Waals surface area contributed by atoms with Gasteiger partial charge in [0.15, 0.2) is 0 Å². The highest BCUT2D eigenvalue weighted by Crippen LogP contribution is 2.27. The Morgan fingerprint density at radius 1 is 1.00 bits per heavy atom. The van der Waals surface area contributed by atoms with E-state index in [1.807, 2.05) is 24.3 Å². The third-order valence-electron chi connectivity index (χ3n) is 3.29. The van der Waals surface area contributed by atoms with E-state index >= 15 is 0 Å². The Balaban J connectivity index is 2.15. The Morgan fingerprint density at radius 3 is 2.50 bits per heavy atom. The molecule has 4 heteroatoms. The summed E-state index contributed by atoms with van der Waals surface area (Å²) in [5, 5.41) is 1.87. The maximum atomic E-state index is 13.3. The van der Waals surface area contributed by atoms with Crippen LogP contribution in [0, 0.1) is 11.6 Å². The molecule has 0 aliphatic carbocycles. The average Bonchev–Trinajstić information content (AvgIpc) is 2.45. The van der Waals surface area contributed by atoms with E-state index in [2.05, 4.69) is 4.98 Å². The molecule has 0 fully saturated rings. The second-order valence-electron chi connectivity index (χ2n) is 4.62. The van der Waals surface area contributed by atoms with Crippen LogP contribution in [0.1, 0.15) is 17.2 Å². The summed E-state index contributed by atoms with van der Waals surface area (Å²) in [5.74, 6) is -1.25. The number of nitrogens with zero attached hydrogens (tertiary/aromatic N) is 1. The summed E-state index contributed by atoms with van der Waals surface area (Å²) in [5.41, 5.74) is 7.39. The van der Waals surface area contributed by atoms with E-state index in [0.717, 1.165) is 22.4 Å². The summed E-state index contributed by atoms with van der Waals surface area (Å²) in [6.45, 7) is 0. The van der Waals surface area contributed by atoms with Crippen LogP contribution in [0.3, 0.4) is 0 Å². The van der Waals surface area contributed by atoms with Gasteiger partial charge in [-0.25, -0.2) is 8.78 Å². The Hall–Kier alpha value is -2.33. The fourth-order valence-corrected chi connectivity index (χ4v) is 2.35. The molecular formula is C16H12F2N2. The van der Waals surface area contributed by atoms with Crippen LogP contribution in [0.4, 0.5) is 8.78 Å². The summed E-state index contributed by atoms with van der Waals surface area (Å²) in [6.07, 6.45) is 3.41. The number of hydrogen-bond donors (Lipinski definition) is 1. The molecule has 3 rings (SSSR count). The molecule has 2 aromatic carbocycles. The zero-order chi connectivity index (χ0) is 14.1. The summed E-state index contributed by atoms with van der Waals surface area (Å²) in [4.78, 5) is 4.05. The Morgan fingerprint density at radius 2 is 1.75 bits per heavy atom. The van der Waals surface area contributed by atoms with Gasteiger partial charge in [-0.3, -0.25) is 4.98 Å². The number of benzene rings is 2. The number of fused-ring (bicyclic) bond motifs is 1. The molecule has 0 amide bonds. The quantitative estimate of drug-likeness (QED) is 0.773. The molecule has 3 aromatic rings. The molecule has 1 heterocycles. The van der Waals surface area contributed by atoms with Crippen LogP contribution < -0.4 is 5.73 Å². The number of rotatable bonds is 2. The Bertz CT molecular complexity index is 746. The molecule has 0 spiro atoms. The van der Waals surface area contributed by atoms with Gasteiger partial charge in [-0.2, -0.15) is 0 Å². The van der Waals surface area contributed by atoms with Crippen molar-refractivity contribution in [3.8, 4) is 0 Å². The lowest BCUT2D eigenvalue weighted by atomic mass is 9.95. The highest BCUT2D eigenvalue weighted by molar-refractivity contribution is 5.85. The SMILES string of the molecule is NC(c1cc(F)cc(F)c1)c1cccc2cnccc12. The maximum Gasteiger partial charge on any atom is 0.126 e. The van der Waals surface area contributed by atoms with E-state index in [0.29, 0.717) is 5.56 Å². The van der Waals surface area contributed by atoms with Gasteiger partial charge in [0, 0.05) is 23.8 Å². The van der Waals surface area contributed by atoms with E-state index in [-0.39, 0.29) is 0 Å². The topological polar surface area (TPSA) is 38.9 Å². The molecule has 2 nitrogen and oxygen atoms in total. The van der Waals surface area contributed by atoms with Crippen LogP contribution in [0.5, 0.6) is 0 Å². The molecule has 0 aliphatic rings. The van der Waals surface area contributed by atoms with Crippen molar-refractivity contribution in [1.29, 1.82) is 0 Å². The molecule has 0 saturated carbocycles. The Kier molecular flexibility index (Phi) is 3.16. The predicted molar refractivity (Wildman–Crippen MR) is 74.1 cm³/mol. The average molecular weight is 270 g/mol. The molecule has 1 unspecified atom stereocenters. The first kappa shape index (κ1) is 12.7. The van der Waals surface area contributed by atoms with Gasteiger partial charge in [-0.05, 0) is 34.7 Å². The minimum absolute atomic E-state index is 0.409. The zero-order valence-electron chi connectivity index (χ0n) is 10.6. The smallest absolute Gasteiger partial charge is 0.126 e. The molecule has 0 radical (unpaired) electrons. The molecule has 100 valence electrons. The van der Waals surface area contributed by atoms with Gasteiger partial charge >= 0.3 is 0 Å². The van der Waals surface area contributed by atoms with E-state index in [4.69, 9.17) is 5.73 Å². The first-order chi connectivity index (χ1) is 9.65. The van der Waals surface area contributed by atoms with Crippen molar-refractivity contribution in [2.75, 3.05) is 0 Å². The zero-order valence-corrected chi connectivity index (χ0v) is 10.6. The van der Waals surface area contributed by atoms with Crippen LogP contribution in [0.15, 0.2) is 54.9 Å². The first-order valence-electron chi connectivity index (χ1n) is 6.19. The van der Waals surface area contributed by atoms with Crippen molar-refractivity contribution < 1.29 is 8.78 Å². The van der Waals surface area contributed by atoms with Crippen LogP contribution in [-0.4, -0.2) is 4.98 Å². The number of pyridine rings is 1. The minimum atomic E-state index is -0.627. The fraction of sp³-hybridized carbons (Fsp3) is 0.0625. The highest BCUT2D eigenvalue weighted by Gasteiger charge is 2.14. The molecule has 0 bridgehead atoms. The van der Waals surface area contributed by atoms with Crippen LogP contribution in [0.2, 0.25) is 0 Å². The van der Waals surface area contributed by atoms with E-state index < -0.39 is 17.7 Å². The van der Waals surface area contributed by atoms with Gasteiger partial charge in [0.25, 0.3) is 0 Å². The van der Waals surface area contributed by atoms with Gasteiger partial charge in [-0.1, -0.05) is 18.2 Å². The third kappa shape index (κ3) is 2.26. The molecule has 2 N–H and O–H groups in total. The number of aromatic nitrogens is 1. The molecule has 1 atom stereocenters. The first-order valence-corrected chi connectivity index (χ1v) is 6.19. The van der Waals surface area contributed by atoms with Crippen molar-refractivity contribution in [1.82, 2.24) is 4.98 Å². The van der Waals surface area contributed by atoms with Gasteiger partial charge in [0.05, 0.1) is 6.04 Å². The third-order valence-corrected chi connectivity index (χ3v) is 3.29. The van der Waals surface area contributed by atoms with Crippen molar-refractivity contribution in [3.63, 3.8) is 0 Å². The van der Waals surface area contributed by atoms with Crippen molar-refractivity contribution in [3.05, 3.63) is 77.6 Å². The van der Waals surface area contributed by atoms with Crippen molar-refractivity contribution >= 4 is 10.8 Å². The predicted octanol–water partition coefficient (Wildman–Crippen LogP) is 3.56. The van der Waals surface area contributed by atoms with Crippen molar-refractivity contribution in [2.45, 2.75) is 6.04 Å². The van der Waals surface area contributed by atoms with E-state index in [9.17, 15) is 8.78 Å². The lowest BCUT2D eigenvalue weighted by Gasteiger charge is -2.15. The molecule has 20 heavy (non-hydrogen) atoms. The summed E-state index contributed by atoms with van der Waals surface area (Å²) in [6, 6.07) is 10.2. The fourth-order valence-electron chi connectivity index (χ4n) is 2.35. The molecule has 1 aromatic heterocycles. The second-order valence-corrected chi connectivity index (χ2v) is 4.62. The minimum Gasteiger partial charge on any atom is -0.320 e. The monoisotopic (exact) mass is 270 g/mol. The summed E-state index contributed by atoms with van der Waals surface area (Å²) < 4.78 is 26.6. The van der Waals surface area contributed by atoms with Crippen LogP contribution in [0.25, 0.3) is 10.8 Å². The highest BCUT2D eigenvalue weighted by atomic mass is 19.1. The van der Waals surface area contributed by atoms with Gasteiger partial charge in [0.2, 0.25) is 0 Å². The molecule has 0 saturated heterocycles. The lowest BCUT2D eigenvalue weighted by molar-refractivity contribution is 0.577. The standard InChI is InChI=1S/C16H12F2N2/c17-12-6-11(7-13(18)8-12)16(19)15-3-1-2-10-9-20-5-4-14(10)15/h1-9,16H,19H2. The number of halogens is 2. The largest absolute Gasteiger partial charge is 0.320 e. The van der Waals surface area contributed by atoms with Crippen molar-refractivity contribution in [2.24, 2.45) is 5.73 Å². The summed E-state index contributed by atoms with van der Waals surface area (Å²) in [7, 11) is 0. The normalized spacial score (nSPS) is 12.6. The van der Waals surface area contributed by atoms with Crippen LogP contribution in [-0.2, 0) is 0 Å². The Labute approximate surface area is 114 Å². The lowest BCUT2D eigenvalue weighted by Crippen LogP contribution is -2.13. The van der Waals surface area contributed by atoms with Gasteiger partial charge in [0.1, 0.15) is 11.6 Å². The summed E-state index contributed by atoms with van der Waals surface area (Å²) >= 11 is 0. The molecule has 0 aliphatic heterocycles. The number of hydrogen-bond acceptors (Lipinski definition) is 2. The van der Waals surface area contributed by atoms with E-state index in [1.54, 1.807) is 12.4 Å². The second kappa shape index (κ2) is 4.98. The maximum absolute atomic E-state index is 13.3. The van der Waals surface area contributed by atoms with Crippen LogP contribution >= 0.6 is 0 Å². The van der Waals surface area contributed by atoms with Gasteiger partial charge < -0.3 is 5.73 Å². The van der Waals surface area contributed by atoms with E-state index in [1.165, 1.54) is 12.1 Å².